The van der Waals surface area contributed by atoms with E-state index in [2.05, 4.69) is 10.6 Å². The fraction of sp³-hybridized carbons (Fsp3) is 0.125. The van der Waals surface area contributed by atoms with Gasteiger partial charge < -0.3 is 10.6 Å². The number of fused-ring (bicyclic) bond motifs is 1. The predicted molar refractivity (Wildman–Crippen MR) is 107 cm³/mol. The Morgan fingerprint density at radius 2 is 1.18 bits per heavy atom. The molecular weight excluding hydrogens is 404 g/mol. The molecule has 0 unspecified atom stereocenters. The van der Waals surface area contributed by atoms with Crippen LogP contribution >= 0.6 is 24.4 Å². The molecule has 2 heterocycles. The molecule has 2 aromatic carbocycles. The first kappa shape index (κ1) is 18.0. The van der Waals surface area contributed by atoms with Gasteiger partial charge in [-0.05, 0) is 24.4 Å². The Labute approximate surface area is 169 Å². The average Bonchev–Trinajstić information content (AvgIpc) is 3.20. The first-order chi connectivity index (χ1) is 13.4. The molecule has 0 saturated carbocycles. The molecular formula is C16H12N6O4S2. The number of nitro groups is 2. The lowest BCUT2D eigenvalue weighted by Crippen LogP contribution is -2.36. The summed E-state index contributed by atoms with van der Waals surface area (Å²) in [6.45, 7) is 0. The Morgan fingerprint density at radius 1 is 0.786 bits per heavy atom. The summed E-state index contributed by atoms with van der Waals surface area (Å²) in [5, 5.41) is 32.4. The van der Waals surface area contributed by atoms with E-state index in [4.69, 9.17) is 24.4 Å². The van der Waals surface area contributed by atoms with Gasteiger partial charge in [-0.2, -0.15) is 0 Å². The van der Waals surface area contributed by atoms with Gasteiger partial charge in [-0.1, -0.05) is 24.3 Å². The van der Waals surface area contributed by atoms with Crippen LogP contribution in [0.4, 0.5) is 11.4 Å². The molecule has 0 radical (unpaired) electrons. The van der Waals surface area contributed by atoms with Crippen molar-refractivity contribution >= 4 is 46.0 Å². The largest absolute Gasteiger partial charge is 0.336 e. The Balaban J connectivity index is 1.70. The van der Waals surface area contributed by atoms with Gasteiger partial charge in [0.25, 0.3) is 11.4 Å². The van der Waals surface area contributed by atoms with Gasteiger partial charge in [-0.15, -0.1) is 0 Å². The van der Waals surface area contributed by atoms with Crippen LogP contribution < -0.4 is 10.6 Å². The van der Waals surface area contributed by atoms with Gasteiger partial charge in [-0.3, -0.25) is 20.2 Å². The first-order valence-electron chi connectivity index (χ1n) is 8.05. The highest BCUT2D eigenvalue weighted by Gasteiger charge is 2.47. The molecule has 2 aliphatic rings. The van der Waals surface area contributed by atoms with Crippen molar-refractivity contribution < 1.29 is 9.85 Å². The maximum absolute atomic E-state index is 11.1. The van der Waals surface area contributed by atoms with E-state index in [1.54, 1.807) is 34.3 Å². The van der Waals surface area contributed by atoms with Crippen LogP contribution in [0.1, 0.15) is 23.5 Å². The highest BCUT2D eigenvalue weighted by Crippen LogP contribution is 2.37. The van der Waals surface area contributed by atoms with Crippen molar-refractivity contribution in [1.29, 1.82) is 0 Å². The molecule has 2 saturated heterocycles. The topological polar surface area (TPSA) is 117 Å². The number of non-ortho nitro benzene ring substituents is 2. The third-order valence-corrected chi connectivity index (χ3v) is 5.06. The zero-order chi connectivity index (χ0) is 20.0. The molecule has 0 spiro atoms. The van der Waals surface area contributed by atoms with E-state index in [0.717, 1.165) is 0 Å². The van der Waals surface area contributed by atoms with Crippen LogP contribution in [0.3, 0.4) is 0 Å². The summed E-state index contributed by atoms with van der Waals surface area (Å²) in [5.41, 5.74) is 1.14. The monoisotopic (exact) mass is 416 g/mol. The second-order valence-corrected chi connectivity index (χ2v) is 6.87. The minimum absolute atomic E-state index is 0.0445. The SMILES string of the molecule is O=[N+]([O-])c1cccc([C@@H]2NC(=S)N3[C@H](c4cccc([N+](=O)[O-])c4)NC(=S)N23)c1. The van der Waals surface area contributed by atoms with Crippen molar-refractivity contribution in [3.63, 3.8) is 0 Å². The van der Waals surface area contributed by atoms with Gasteiger partial charge in [0, 0.05) is 35.4 Å². The van der Waals surface area contributed by atoms with Crippen LogP contribution in [-0.4, -0.2) is 30.1 Å². The lowest BCUT2D eigenvalue weighted by atomic mass is 10.1. The number of nitro benzene ring substituents is 2. The summed E-state index contributed by atoms with van der Waals surface area (Å²) in [5.74, 6) is 0. The van der Waals surface area contributed by atoms with E-state index in [9.17, 15) is 20.2 Å². The lowest BCUT2D eigenvalue weighted by molar-refractivity contribution is -0.385. The third-order valence-electron chi connectivity index (χ3n) is 4.45. The number of thiocarbonyl (C=S) groups is 2. The number of benzene rings is 2. The van der Waals surface area contributed by atoms with E-state index in [1.807, 2.05) is 0 Å². The van der Waals surface area contributed by atoms with Crippen molar-refractivity contribution in [3.8, 4) is 0 Å². The van der Waals surface area contributed by atoms with Crippen LogP contribution in [0.5, 0.6) is 0 Å². The molecule has 4 rings (SSSR count). The quantitative estimate of drug-likeness (QED) is 0.437. The van der Waals surface area contributed by atoms with Crippen LogP contribution in [0, 0.1) is 20.2 Å². The minimum Gasteiger partial charge on any atom is -0.336 e. The number of hydrogen-bond donors (Lipinski definition) is 2. The molecule has 2 aromatic rings. The smallest absolute Gasteiger partial charge is 0.269 e. The predicted octanol–water partition coefficient (Wildman–Crippen LogP) is 2.50. The second kappa shape index (κ2) is 6.65. The van der Waals surface area contributed by atoms with Crippen LogP contribution in [0.2, 0.25) is 0 Å². The van der Waals surface area contributed by atoms with E-state index in [0.29, 0.717) is 21.4 Å². The number of hydrogen-bond acceptors (Lipinski definition) is 6. The molecule has 28 heavy (non-hydrogen) atoms. The summed E-state index contributed by atoms with van der Waals surface area (Å²) < 4.78 is 0. The first-order valence-corrected chi connectivity index (χ1v) is 8.86. The van der Waals surface area contributed by atoms with Gasteiger partial charge in [0.05, 0.1) is 9.85 Å². The van der Waals surface area contributed by atoms with E-state index < -0.39 is 22.2 Å². The summed E-state index contributed by atoms with van der Waals surface area (Å²) in [6, 6.07) is 12.4. The Bertz CT molecular complexity index is 950. The Kier molecular flexibility index (Phi) is 4.28. The van der Waals surface area contributed by atoms with Crippen molar-refractivity contribution in [2.24, 2.45) is 0 Å². The van der Waals surface area contributed by atoms with E-state index in [-0.39, 0.29) is 11.4 Å². The Hall–Kier alpha value is -3.38. The zero-order valence-electron chi connectivity index (χ0n) is 14.0. The summed E-state index contributed by atoms with van der Waals surface area (Å²) in [7, 11) is 0. The highest BCUT2D eigenvalue weighted by atomic mass is 32.1. The van der Waals surface area contributed by atoms with Gasteiger partial charge in [0.15, 0.2) is 10.2 Å². The van der Waals surface area contributed by atoms with E-state index in [1.165, 1.54) is 24.3 Å². The average molecular weight is 416 g/mol. The van der Waals surface area contributed by atoms with Gasteiger partial charge in [0.2, 0.25) is 0 Å². The number of nitrogens with zero attached hydrogens (tertiary/aromatic N) is 4. The Morgan fingerprint density at radius 3 is 1.54 bits per heavy atom. The minimum atomic E-state index is -0.531. The maximum atomic E-state index is 11.1. The highest BCUT2D eigenvalue weighted by molar-refractivity contribution is 7.80. The van der Waals surface area contributed by atoms with Crippen LogP contribution in [0.25, 0.3) is 0 Å². The number of nitrogens with one attached hydrogen (secondary N) is 2. The molecule has 2 fully saturated rings. The third kappa shape index (κ3) is 2.88. The van der Waals surface area contributed by atoms with Crippen LogP contribution in [-0.2, 0) is 0 Å². The molecule has 2 aliphatic heterocycles. The standard InChI is InChI=1S/C16H12N6O4S2/c23-21(24)11-5-1-3-9(7-11)13-17-15(27)20-14(18-16(28)19(13)20)10-4-2-6-12(8-10)22(25)26/h1-8,13-14H,(H,17,27)(H,18,28)/t13-,14-/m1/s1. The molecule has 2 atom stereocenters. The molecule has 10 nitrogen and oxygen atoms in total. The fourth-order valence-electron chi connectivity index (χ4n) is 3.23. The molecule has 2 N–H and O–H groups in total. The number of rotatable bonds is 4. The maximum Gasteiger partial charge on any atom is 0.269 e. The van der Waals surface area contributed by atoms with Gasteiger partial charge >= 0.3 is 0 Å². The molecule has 142 valence electrons. The number of hydrazine groups is 1. The van der Waals surface area contributed by atoms with Crippen molar-refractivity contribution in [2.75, 3.05) is 0 Å². The lowest BCUT2D eigenvalue weighted by Gasteiger charge is -2.26. The molecule has 0 bridgehead atoms. The summed E-state index contributed by atoms with van der Waals surface area (Å²) >= 11 is 10.9. The van der Waals surface area contributed by atoms with Gasteiger partial charge in [0.1, 0.15) is 12.3 Å². The van der Waals surface area contributed by atoms with Crippen LogP contribution in [0.15, 0.2) is 48.5 Å². The summed E-state index contributed by atoms with van der Waals surface area (Å²) in [4.78, 5) is 21.2. The second-order valence-electron chi connectivity index (χ2n) is 6.10. The molecule has 0 amide bonds. The zero-order valence-corrected chi connectivity index (χ0v) is 15.6. The molecule has 12 heteroatoms. The molecule has 0 aliphatic carbocycles. The van der Waals surface area contributed by atoms with Gasteiger partial charge in [-0.25, -0.2) is 10.0 Å². The molecule has 0 aromatic heterocycles. The van der Waals surface area contributed by atoms with Crippen molar-refractivity contribution in [2.45, 2.75) is 12.3 Å². The van der Waals surface area contributed by atoms with Crippen molar-refractivity contribution in [1.82, 2.24) is 20.7 Å². The summed E-state index contributed by atoms with van der Waals surface area (Å²) in [6.07, 6.45) is -1.06. The normalized spacial score (nSPS) is 20.6. The van der Waals surface area contributed by atoms with E-state index >= 15 is 0 Å². The van der Waals surface area contributed by atoms with Crippen molar-refractivity contribution in [3.05, 3.63) is 79.9 Å². The fourth-order valence-corrected chi connectivity index (χ4v) is 3.84.